The molecular formula is C17H22BNO5S. The van der Waals surface area contributed by atoms with Gasteiger partial charge >= 0.3 is 13.1 Å². The van der Waals surface area contributed by atoms with Gasteiger partial charge < -0.3 is 14.4 Å². The molecule has 0 aromatic carbocycles. The van der Waals surface area contributed by atoms with E-state index in [1.807, 2.05) is 27.7 Å². The van der Waals surface area contributed by atoms with E-state index in [1.54, 1.807) is 18.2 Å². The lowest BCUT2D eigenvalue weighted by molar-refractivity contribution is -0.109. The number of hydrogen-bond acceptors (Lipinski definition) is 6. The quantitative estimate of drug-likeness (QED) is 0.805. The van der Waals surface area contributed by atoms with Crippen LogP contribution in [0.5, 0.6) is 0 Å². The third kappa shape index (κ3) is 4.51. The topological polar surface area (TPSA) is 85.7 Å². The molecule has 0 aliphatic carbocycles. The first-order valence-electron chi connectivity index (χ1n) is 7.91. The van der Waals surface area contributed by atoms with Crippen LogP contribution in [0.1, 0.15) is 50.7 Å². The summed E-state index contributed by atoms with van der Waals surface area (Å²) in [6, 6.07) is 3.33. The van der Waals surface area contributed by atoms with Crippen molar-refractivity contribution in [3.05, 3.63) is 35.1 Å². The van der Waals surface area contributed by atoms with Gasteiger partial charge in [-0.1, -0.05) is 23.9 Å². The minimum atomic E-state index is -1.11. The average Bonchev–Trinajstić information content (AvgIpc) is 2.71. The molecule has 25 heavy (non-hydrogen) atoms. The van der Waals surface area contributed by atoms with Gasteiger partial charge in [-0.2, -0.15) is 0 Å². The Bertz CT molecular complexity index is 701. The lowest BCUT2D eigenvalue weighted by Crippen LogP contribution is -2.41. The smallest absolute Gasteiger partial charge is 0.476 e. The van der Waals surface area contributed by atoms with Crippen LogP contribution in [-0.4, -0.2) is 45.2 Å². The molecule has 1 aromatic heterocycles. The summed E-state index contributed by atoms with van der Waals surface area (Å²) in [6.45, 7) is 9.25. The number of carbonyl (C=O) groups is 2. The Hall–Kier alpha value is -1.64. The van der Waals surface area contributed by atoms with E-state index in [0.717, 1.165) is 11.8 Å². The molecule has 1 saturated heterocycles. The summed E-state index contributed by atoms with van der Waals surface area (Å²) in [5.41, 5.74) is 0.0345. The molecule has 0 amide bonds. The zero-order valence-corrected chi connectivity index (χ0v) is 15.8. The largest absolute Gasteiger partial charge is 0.491 e. The first-order chi connectivity index (χ1) is 11.5. The Morgan fingerprint density at radius 1 is 1.28 bits per heavy atom. The highest BCUT2D eigenvalue weighted by atomic mass is 32.2. The Morgan fingerprint density at radius 3 is 2.40 bits per heavy atom. The molecule has 2 rings (SSSR count). The van der Waals surface area contributed by atoms with Crippen LogP contribution in [0.4, 0.5) is 0 Å². The highest BCUT2D eigenvalue weighted by Gasteiger charge is 2.52. The Kier molecular flexibility index (Phi) is 5.76. The fourth-order valence-electron chi connectivity index (χ4n) is 2.27. The van der Waals surface area contributed by atoms with Crippen LogP contribution < -0.4 is 0 Å². The third-order valence-electron chi connectivity index (χ3n) is 4.38. The normalized spacial score (nSPS) is 19.1. The third-order valence-corrected chi connectivity index (χ3v) is 5.26. The zero-order chi connectivity index (χ0) is 18.8. The number of thioether (sulfide) groups is 1. The molecule has 1 aliphatic rings. The van der Waals surface area contributed by atoms with Crippen molar-refractivity contribution < 1.29 is 24.0 Å². The summed E-state index contributed by atoms with van der Waals surface area (Å²) in [5, 5.41) is 9.28. The minimum absolute atomic E-state index is 0.0351. The van der Waals surface area contributed by atoms with Gasteiger partial charge in [-0.15, -0.1) is 0 Å². The Balaban J connectivity index is 2.41. The molecule has 0 spiro atoms. The molecule has 1 aliphatic heterocycles. The van der Waals surface area contributed by atoms with Crippen molar-refractivity contribution in [2.24, 2.45) is 0 Å². The van der Waals surface area contributed by atoms with Gasteiger partial charge in [-0.05, 0) is 39.2 Å². The molecule has 2 heterocycles. The maximum Gasteiger partial charge on any atom is 0.491 e. The molecule has 8 heteroatoms. The number of carbonyl (C=O) groups excluding carboxylic acids is 1. The molecule has 1 aromatic rings. The molecule has 134 valence electrons. The van der Waals surface area contributed by atoms with Crippen LogP contribution in [-0.2, 0) is 14.1 Å². The second kappa shape index (κ2) is 7.31. The fraction of sp³-hybridized carbons (Fsp3) is 0.471. The number of rotatable bonds is 5. The summed E-state index contributed by atoms with van der Waals surface area (Å²) < 4.78 is 12.1. The standard InChI is InChI=1S/C17H22BNO5S/c1-11(20)25-10-13(18-23-16(2,3)17(4,5)24-18)9-12-7-6-8-19-14(12)15(21)22/h6-9H,10H2,1-5H3,(H,21,22). The molecule has 0 bridgehead atoms. The highest BCUT2D eigenvalue weighted by Crippen LogP contribution is 2.39. The van der Waals surface area contributed by atoms with Crippen LogP contribution >= 0.6 is 11.8 Å². The number of aromatic carboxylic acids is 1. The average molecular weight is 363 g/mol. The number of carboxylic acids is 1. The van der Waals surface area contributed by atoms with Gasteiger partial charge in [0.1, 0.15) is 0 Å². The summed E-state index contributed by atoms with van der Waals surface area (Å²) in [6.07, 6.45) is 3.12. The lowest BCUT2D eigenvalue weighted by Gasteiger charge is -2.32. The predicted molar refractivity (Wildman–Crippen MR) is 98.4 cm³/mol. The molecule has 0 saturated carbocycles. The second-order valence-electron chi connectivity index (χ2n) is 6.83. The number of aromatic nitrogens is 1. The molecule has 0 unspecified atom stereocenters. The monoisotopic (exact) mass is 363 g/mol. The van der Waals surface area contributed by atoms with Crippen molar-refractivity contribution in [2.75, 3.05) is 5.75 Å². The van der Waals surface area contributed by atoms with Crippen molar-refractivity contribution in [1.29, 1.82) is 0 Å². The van der Waals surface area contributed by atoms with Crippen LogP contribution in [0.2, 0.25) is 0 Å². The van der Waals surface area contributed by atoms with Crippen LogP contribution in [0.15, 0.2) is 23.8 Å². The highest BCUT2D eigenvalue weighted by molar-refractivity contribution is 8.13. The number of pyridine rings is 1. The summed E-state index contributed by atoms with van der Waals surface area (Å²) >= 11 is 1.12. The molecule has 1 N–H and O–H groups in total. The molecule has 0 atom stereocenters. The van der Waals surface area contributed by atoms with Crippen molar-refractivity contribution in [3.8, 4) is 0 Å². The van der Waals surface area contributed by atoms with E-state index < -0.39 is 24.3 Å². The Morgan fingerprint density at radius 2 is 1.88 bits per heavy atom. The number of carboxylic acid groups (broad SMARTS) is 1. The fourth-order valence-corrected chi connectivity index (χ4v) is 2.86. The van der Waals surface area contributed by atoms with Gasteiger partial charge in [0.05, 0.1) is 11.2 Å². The second-order valence-corrected chi connectivity index (χ2v) is 7.99. The molecular weight excluding hydrogens is 341 g/mol. The van der Waals surface area contributed by atoms with Crippen molar-refractivity contribution in [3.63, 3.8) is 0 Å². The Labute approximate surface area is 152 Å². The van der Waals surface area contributed by atoms with E-state index >= 15 is 0 Å². The van der Waals surface area contributed by atoms with Gasteiger partial charge in [0.25, 0.3) is 0 Å². The predicted octanol–water partition coefficient (Wildman–Crippen LogP) is 3.07. The van der Waals surface area contributed by atoms with Crippen molar-refractivity contribution >= 4 is 36.0 Å². The first kappa shape index (κ1) is 19.7. The SMILES string of the molecule is CC(=O)SCC(=Cc1cccnc1C(=O)O)B1OC(C)(C)C(C)(C)O1. The molecule has 1 fully saturated rings. The van der Waals surface area contributed by atoms with E-state index in [2.05, 4.69) is 4.98 Å². The maximum absolute atomic E-state index is 11.4. The maximum atomic E-state index is 11.4. The van der Waals surface area contributed by atoms with Gasteiger partial charge in [-0.3, -0.25) is 4.79 Å². The molecule has 0 radical (unpaired) electrons. The van der Waals surface area contributed by atoms with Gasteiger partial charge in [0.15, 0.2) is 10.8 Å². The van der Waals surface area contributed by atoms with Crippen LogP contribution in [0.3, 0.4) is 0 Å². The van der Waals surface area contributed by atoms with E-state index in [4.69, 9.17) is 9.31 Å². The summed E-state index contributed by atoms with van der Waals surface area (Å²) in [4.78, 5) is 26.7. The van der Waals surface area contributed by atoms with Crippen LogP contribution in [0, 0.1) is 0 Å². The van der Waals surface area contributed by atoms with Gasteiger partial charge in [0.2, 0.25) is 0 Å². The van der Waals surface area contributed by atoms with E-state index in [9.17, 15) is 14.7 Å². The molecule has 6 nitrogen and oxygen atoms in total. The van der Waals surface area contributed by atoms with Crippen molar-refractivity contribution in [2.45, 2.75) is 45.8 Å². The summed E-state index contributed by atoms with van der Waals surface area (Å²) in [7, 11) is -0.654. The lowest BCUT2D eigenvalue weighted by atomic mass is 9.78. The van der Waals surface area contributed by atoms with E-state index in [0.29, 0.717) is 16.8 Å². The van der Waals surface area contributed by atoms with E-state index in [-0.39, 0.29) is 10.8 Å². The zero-order valence-electron chi connectivity index (χ0n) is 15.0. The van der Waals surface area contributed by atoms with Crippen LogP contribution in [0.25, 0.3) is 6.08 Å². The van der Waals surface area contributed by atoms with Crippen molar-refractivity contribution in [1.82, 2.24) is 4.98 Å². The summed E-state index contributed by atoms with van der Waals surface area (Å²) in [5.74, 6) is -0.764. The van der Waals surface area contributed by atoms with Gasteiger partial charge in [0, 0.05) is 24.4 Å². The number of hydrogen-bond donors (Lipinski definition) is 1. The first-order valence-corrected chi connectivity index (χ1v) is 8.90. The van der Waals surface area contributed by atoms with E-state index in [1.165, 1.54) is 13.1 Å². The minimum Gasteiger partial charge on any atom is -0.476 e. The van der Waals surface area contributed by atoms with Gasteiger partial charge in [-0.25, -0.2) is 9.78 Å². The number of nitrogens with zero attached hydrogens (tertiary/aromatic N) is 1.